The van der Waals surface area contributed by atoms with Crippen molar-refractivity contribution in [3.8, 4) is 0 Å². The van der Waals surface area contributed by atoms with Gasteiger partial charge in [-0.1, -0.05) is 283 Å². The fraction of sp³-hybridized carbons (Fsp3) is 0.118. The number of rotatable bonds is 19. The van der Waals surface area contributed by atoms with Gasteiger partial charge in [-0.3, -0.25) is 14.5 Å². The molecule has 2 aromatic heterocycles. The van der Waals surface area contributed by atoms with E-state index in [0.29, 0.717) is 44.3 Å². The normalized spacial score (nSPS) is 15.4. The number of hydrogen-bond acceptors (Lipinski definition) is 12. The van der Waals surface area contributed by atoms with Crippen LogP contribution < -0.4 is 10.6 Å². The average Bonchev–Trinajstić information content (AvgIpc) is 0.918. The van der Waals surface area contributed by atoms with Gasteiger partial charge in [0.2, 0.25) is 5.60 Å². The molecule has 2 aliphatic heterocycles. The van der Waals surface area contributed by atoms with Crippen LogP contribution in [0.2, 0.25) is 4.34 Å². The van der Waals surface area contributed by atoms with Crippen LogP contribution in [0, 0.1) is 0 Å². The number of carbonyl (C=O) groups is 3. The first-order valence-electron chi connectivity index (χ1n) is 27.4. The van der Waals surface area contributed by atoms with E-state index in [9.17, 15) is 18.0 Å². The Morgan fingerprint density at radius 2 is 1.08 bits per heavy atom. The molecule has 2 aliphatic rings. The van der Waals surface area contributed by atoms with E-state index in [-0.39, 0.29) is 43.5 Å². The maximum absolute atomic E-state index is 15.7. The Balaban J connectivity index is 0.953. The smallest absolute Gasteiger partial charge is 0.427 e. The van der Waals surface area contributed by atoms with Gasteiger partial charge >= 0.3 is 12.1 Å². The topological polar surface area (TPSA) is 135 Å². The number of thioether (sulfide) groups is 1. The first-order chi connectivity index (χ1) is 41.9. The van der Waals surface area contributed by atoms with Gasteiger partial charge in [-0.2, -0.15) is 13.2 Å². The van der Waals surface area contributed by atoms with E-state index in [4.69, 9.17) is 31.3 Å². The molecule has 4 heterocycles. The largest absolute Gasteiger partial charge is 0.448 e. The zero-order valence-corrected chi connectivity index (χ0v) is 48.6. The number of carbonyl (C=O) groups excluding carboxylic acids is 3. The van der Waals surface area contributed by atoms with Gasteiger partial charge in [-0.05, 0) is 40.7 Å². The zero-order chi connectivity index (χ0) is 59.3. The molecule has 2 amide bonds. The van der Waals surface area contributed by atoms with Crippen LogP contribution >= 0.6 is 46.0 Å². The van der Waals surface area contributed by atoms with Gasteiger partial charge in [-0.25, -0.2) is 14.8 Å². The SMILES string of the molecule is O=C(N[C@@H]1C(=O)N2C(C(=O)OC(c3ccccc3)c3ccccc3)=C(Sc3ncc(C(F)(F)F)s3)CCC12)C(=NOC(c1ccccc1)(c1ccccc1)c1ccccc1)c1nc(NC(c2ccccc2)(c2ccccc2)c2ccccc2)sc1Cl. The summed E-state index contributed by atoms with van der Waals surface area (Å²) >= 11 is 9.74. The summed E-state index contributed by atoms with van der Waals surface area (Å²) in [6.07, 6.45) is -4.57. The molecule has 86 heavy (non-hydrogen) atoms. The lowest BCUT2D eigenvalue weighted by Crippen LogP contribution is -2.72. The number of oxime groups is 1. The molecular formula is C68H50ClF3N6O5S3. The monoisotopic (exact) mass is 1220 g/mol. The van der Waals surface area contributed by atoms with Crippen molar-refractivity contribution in [3.05, 3.63) is 319 Å². The number of aromatic nitrogens is 2. The molecule has 1 fully saturated rings. The number of thiazole rings is 2. The Morgan fingerprint density at radius 3 is 1.52 bits per heavy atom. The van der Waals surface area contributed by atoms with Crippen LogP contribution in [0.25, 0.3) is 0 Å². The standard InChI is InChI=1S/C68H50ClF3N6O5S3/c69-60-56(75-64(86-60)76-66(46-29-13-3-14-30-46,47-31-15-4-16-32-47)48-33-17-5-18-34-48)57(77-83-67(49-35-19-6-20-36-49,50-37-21-7-22-38-50)51-39-23-8-24-40-51)61(79)74-55-52-41-42-53(84-65-73-43-54(85-65)68(70,71)72)58(78(52)62(55)80)63(81)82-59(44-25-9-1-10-26-44)45-27-11-2-12-28-45/h1-40,43,52,55,59H,41-42H2,(H,74,79)(H,75,76)/t52?,55-/m0/s1. The molecule has 2 atom stereocenters. The molecule has 428 valence electrons. The number of fused-ring (bicyclic) bond motifs is 1. The molecular weight excluding hydrogens is 1170 g/mol. The summed E-state index contributed by atoms with van der Waals surface area (Å²) in [6.45, 7) is 0. The number of nitrogens with zero attached hydrogens (tertiary/aromatic N) is 4. The van der Waals surface area contributed by atoms with Crippen LogP contribution in [-0.4, -0.2) is 50.4 Å². The van der Waals surface area contributed by atoms with E-state index < -0.39 is 58.2 Å². The van der Waals surface area contributed by atoms with Gasteiger partial charge in [-0.15, -0.1) is 11.3 Å². The highest BCUT2D eigenvalue weighted by Crippen LogP contribution is 2.48. The van der Waals surface area contributed by atoms with Gasteiger partial charge in [0.05, 0.1) is 12.2 Å². The molecule has 12 rings (SSSR count). The van der Waals surface area contributed by atoms with E-state index in [1.807, 2.05) is 194 Å². The second-order valence-electron chi connectivity index (χ2n) is 20.2. The number of alkyl halides is 3. The van der Waals surface area contributed by atoms with E-state index in [1.54, 1.807) is 48.5 Å². The number of ether oxygens (including phenoxy) is 1. The molecule has 1 unspecified atom stereocenters. The number of esters is 1. The van der Waals surface area contributed by atoms with Crippen molar-refractivity contribution in [2.75, 3.05) is 5.32 Å². The second-order valence-corrected chi connectivity index (χ2v) is 24.1. The molecule has 11 nitrogen and oxygen atoms in total. The number of β-lactam (4-membered cyclic amide) rings is 1. The van der Waals surface area contributed by atoms with Gasteiger partial charge in [0.25, 0.3) is 11.8 Å². The number of amides is 2. The van der Waals surface area contributed by atoms with Crippen molar-refractivity contribution in [2.45, 2.75) is 52.7 Å². The molecule has 8 aromatic carbocycles. The van der Waals surface area contributed by atoms with Gasteiger partial charge < -0.3 is 20.2 Å². The summed E-state index contributed by atoms with van der Waals surface area (Å²) in [5, 5.41) is 11.8. The lowest BCUT2D eigenvalue weighted by Gasteiger charge is -2.50. The number of allylic oxidation sites excluding steroid dienone is 1. The summed E-state index contributed by atoms with van der Waals surface area (Å²) < 4.78 is 48.2. The van der Waals surface area contributed by atoms with Gasteiger partial charge in [0, 0.05) is 21.6 Å². The van der Waals surface area contributed by atoms with Crippen LogP contribution in [0.4, 0.5) is 18.3 Å². The van der Waals surface area contributed by atoms with Crippen molar-refractivity contribution >= 4 is 74.7 Å². The zero-order valence-electron chi connectivity index (χ0n) is 45.4. The average molecular weight is 1220 g/mol. The predicted octanol–water partition coefficient (Wildman–Crippen LogP) is 15.2. The number of halogens is 4. The van der Waals surface area contributed by atoms with Crippen LogP contribution in [0.3, 0.4) is 0 Å². The third kappa shape index (κ3) is 11.3. The summed E-state index contributed by atoms with van der Waals surface area (Å²) in [7, 11) is 0. The first-order valence-corrected chi connectivity index (χ1v) is 30.2. The summed E-state index contributed by atoms with van der Waals surface area (Å²) in [5.41, 5.74) is 2.78. The number of benzene rings is 8. The Bertz CT molecular complexity index is 3840. The van der Waals surface area contributed by atoms with Crippen LogP contribution in [-0.2, 0) is 41.3 Å². The van der Waals surface area contributed by atoms with Crippen LogP contribution in [0.1, 0.15) is 74.0 Å². The predicted molar refractivity (Wildman–Crippen MR) is 329 cm³/mol. The Labute approximate surface area is 510 Å². The Kier molecular flexibility index (Phi) is 16.5. The minimum Gasteiger partial charge on any atom is -0.448 e. The Hall–Kier alpha value is -9.13. The highest BCUT2D eigenvalue weighted by atomic mass is 35.5. The number of anilines is 1. The Morgan fingerprint density at radius 1 is 0.640 bits per heavy atom. The van der Waals surface area contributed by atoms with E-state index in [0.717, 1.165) is 46.0 Å². The van der Waals surface area contributed by atoms with Crippen LogP contribution in [0.5, 0.6) is 0 Å². The van der Waals surface area contributed by atoms with E-state index in [1.165, 1.54) is 4.90 Å². The van der Waals surface area contributed by atoms with E-state index >= 15 is 9.59 Å². The fourth-order valence-electron chi connectivity index (χ4n) is 11.0. The van der Waals surface area contributed by atoms with E-state index in [2.05, 4.69) is 15.6 Å². The summed E-state index contributed by atoms with van der Waals surface area (Å²) in [5.74, 6) is -2.46. The third-order valence-electron chi connectivity index (χ3n) is 15.0. The lowest BCUT2D eigenvalue weighted by molar-refractivity contribution is -0.158. The quantitative estimate of drug-likeness (QED) is 0.0267. The lowest BCUT2D eigenvalue weighted by atomic mass is 9.77. The minimum atomic E-state index is -4.65. The summed E-state index contributed by atoms with van der Waals surface area (Å²) in [4.78, 5) is 62.4. The molecule has 0 aliphatic carbocycles. The minimum absolute atomic E-state index is 0.0116. The van der Waals surface area contributed by atoms with Crippen molar-refractivity contribution in [1.82, 2.24) is 20.2 Å². The molecule has 2 N–H and O–H groups in total. The molecule has 10 aromatic rings. The van der Waals surface area contributed by atoms with Gasteiger partial charge in [0.1, 0.15) is 32.2 Å². The van der Waals surface area contributed by atoms with Crippen molar-refractivity contribution in [1.29, 1.82) is 0 Å². The van der Waals surface area contributed by atoms with Crippen molar-refractivity contribution < 1.29 is 37.1 Å². The number of hydrogen-bond donors (Lipinski definition) is 2. The number of nitrogens with one attached hydrogen (secondary N) is 2. The van der Waals surface area contributed by atoms with Crippen molar-refractivity contribution in [2.24, 2.45) is 5.16 Å². The molecule has 0 saturated carbocycles. The van der Waals surface area contributed by atoms with Crippen molar-refractivity contribution in [3.63, 3.8) is 0 Å². The molecule has 0 radical (unpaired) electrons. The fourth-order valence-corrected chi connectivity index (χ4v) is 14.2. The highest BCUT2D eigenvalue weighted by molar-refractivity contribution is 8.04. The molecule has 1 saturated heterocycles. The molecule has 18 heteroatoms. The third-order valence-corrected chi connectivity index (χ3v) is 18.5. The highest BCUT2D eigenvalue weighted by Gasteiger charge is 2.55. The maximum atomic E-state index is 15.7. The first kappa shape index (κ1) is 57.3. The maximum Gasteiger partial charge on any atom is 0.427 e. The van der Waals surface area contributed by atoms with Gasteiger partial charge in [0.15, 0.2) is 21.3 Å². The van der Waals surface area contributed by atoms with Crippen LogP contribution in [0.15, 0.2) is 269 Å². The second kappa shape index (κ2) is 24.8. The molecule has 0 spiro atoms. The molecule has 0 bridgehead atoms. The summed E-state index contributed by atoms with van der Waals surface area (Å²) in [6, 6.07) is 74.1.